The molecular formula is C17H21FN2O3. The largest absolute Gasteiger partial charge is 0.362 e. The van der Waals surface area contributed by atoms with Gasteiger partial charge in [-0.3, -0.25) is 9.59 Å². The van der Waals surface area contributed by atoms with Crippen LogP contribution < -0.4 is 5.32 Å². The van der Waals surface area contributed by atoms with Gasteiger partial charge in [0.05, 0.1) is 18.6 Å². The molecule has 23 heavy (non-hydrogen) atoms. The highest BCUT2D eigenvalue weighted by Crippen LogP contribution is 2.50. The van der Waals surface area contributed by atoms with E-state index in [1.165, 1.54) is 6.07 Å². The van der Waals surface area contributed by atoms with Crippen LogP contribution in [0.15, 0.2) is 24.3 Å². The average Bonchev–Trinajstić information content (AvgIpc) is 3.35. The third-order valence-electron chi connectivity index (χ3n) is 4.82. The van der Waals surface area contributed by atoms with E-state index < -0.39 is 11.0 Å². The summed E-state index contributed by atoms with van der Waals surface area (Å²) in [6.45, 7) is 2.57. The molecular weight excluding hydrogens is 299 g/mol. The number of carbonyl (C=O) groups excluding carboxylic acids is 2. The summed E-state index contributed by atoms with van der Waals surface area (Å²) in [5.41, 5.74) is -1.38. The van der Waals surface area contributed by atoms with Gasteiger partial charge in [-0.05, 0) is 25.8 Å². The van der Waals surface area contributed by atoms with Crippen LogP contribution in [-0.2, 0) is 19.7 Å². The molecule has 1 aliphatic heterocycles. The van der Waals surface area contributed by atoms with Crippen LogP contribution in [0.4, 0.5) is 4.39 Å². The Kier molecular flexibility index (Phi) is 3.88. The van der Waals surface area contributed by atoms with Gasteiger partial charge in [0.2, 0.25) is 5.91 Å². The molecule has 1 aromatic rings. The minimum atomic E-state index is -1.06. The second-order valence-corrected chi connectivity index (χ2v) is 6.45. The quantitative estimate of drug-likeness (QED) is 0.911. The van der Waals surface area contributed by atoms with Gasteiger partial charge >= 0.3 is 0 Å². The summed E-state index contributed by atoms with van der Waals surface area (Å²) in [5, 5.41) is 2.57. The number of ether oxygens (including phenoxy) is 1. The van der Waals surface area contributed by atoms with Crippen LogP contribution in [0.2, 0.25) is 0 Å². The number of amides is 2. The highest BCUT2D eigenvalue weighted by molar-refractivity contribution is 5.93. The Bertz CT molecular complexity index is 644. The standard InChI is InChI=1S/C17H21FN2O3/c1-16(14(21)19-2)11-20(9-10-23-16)15(22)17(7-8-17)12-5-3-4-6-13(12)18/h3-6H,7-11H2,1-2H3,(H,19,21). The molecule has 2 aliphatic rings. The normalized spacial score (nSPS) is 25.8. The van der Waals surface area contributed by atoms with E-state index in [4.69, 9.17) is 4.74 Å². The molecule has 1 saturated carbocycles. The van der Waals surface area contributed by atoms with E-state index in [-0.39, 0.29) is 24.2 Å². The lowest BCUT2D eigenvalue weighted by Gasteiger charge is -2.40. The van der Waals surface area contributed by atoms with Crippen molar-refractivity contribution in [2.75, 3.05) is 26.7 Å². The summed E-state index contributed by atoms with van der Waals surface area (Å²) in [4.78, 5) is 26.7. The first kappa shape index (κ1) is 15.9. The second kappa shape index (κ2) is 5.60. The Morgan fingerprint density at radius 1 is 1.30 bits per heavy atom. The fourth-order valence-electron chi connectivity index (χ4n) is 3.32. The first-order chi connectivity index (χ1) is 10.9. The molecule has 1 saturated heterocycles. The van der Waals surface area contributed by atoms with E-state index in [0.29, 0.717) is 31.6 Å². The summed E-state index contributed by atoms with van der Waals surface area (Å²) in [6, 6.07) is 6.44. The Morgan fingerprint density at radius 2 is 2.00 bits per heavy atom. The SMILES string of the molecule is CNC(=O)C1(C)CN(C(=O)C2(c3ccccc3F)CC2)CCO1. The zero-order valence-electron chi connectivity index (χ0n) is 13.4. The molecule has 0 bridgehead atoms. The van der Waals surface area contributed by atoms with Crippen molar-refractivity contribution in [3.05, 3.63) is 35.6 Å². The molecule has 1 unspecified atom stereocenters. The molecule has 1 atom stereocenters. The summed E-state index contributed by atoms with van der Waals surface area (Å²) >= 11 is 0. The maximum atomic E-state index is 14.1. The molecule has 1 heterocycles. The van der Waals surface area contributed by atoms with Crippen LogP contribution in [0, 0.1) is 5.82 Å². The number of morpholine rings is 1. The number of rotatable bonds is 3. The Labute approximate surface area is 134 Å². The third kappa shape index (κ3) is 2.61. The van der Waals surface area contributed by atoms with Crippen molar-refractivity contribution in [2.24, 2.45) is 0 Å². The van der Waals surface area contributed by atoms with Crippen molar-refractivity contribution in [3.8, 4) is 0 Å². The molecule has 2 amide bonds. The number of carbonyl (C=O) groups is 2. The maximum Gasteiger partial charge on any atom is 0.253 e. The Morgan fingerprint density at radius 3 is 2.61 bits per heavy atom. The minimum Gasteiger partial charge on any atom is -0.362 e. The predicted molar refractivity (Wildman–Crippen MR) is 82.3 cm³/mol. The summed E-state index contributed by atoms with van der Waals surface area (Å²) in [5.74, 6) is -0.715. The first-order valence-electron chi connectivity index (χ1n) is 7.83. The van der Waals surface area contributed by atoms with Gasteiger partial charge in [-0.1, -0.05) is 18.2 Å². The maximum absolute atomic E-state index is 14.1. The van der Waals surface area contributed by atoms with Crippen LogP contribution >= 0.6 is 0 Å². The highest BCUT2D eigenvalue weighted by atomic mass is 19.1. The van der Waals surface area contributed by atoms with Crippen LogP contribution in [0.25, 0.3) is 0 Å². The number of halogens is 1. The summed E-state index contributed by atoms with van der Waals surface area (Å²) in [6.07, 6.45) is 1.28. The van der Waals surface area contributed by atoms with Crippen molar-refractivity contribution in [1.29, 1.82) is 0 Å². The molecule has 0 spiro atoms. The van der Waals surface area contributed by atoms with Crippen molar-refractivity contribution < 1.29 is 18.7 Å². The van der Waals surface area contributed by atoms with E-state index >= 15 is 0 Å². The van der Waals surface area contributed by atoms with Gasteiger partial charge in [0, 0.05) is 19.2 Å². The number of hydrogen-bond acceptors (Lipinski definition) is 3. The molecule has 5 nitrogen and oxygen atoms in total. The van der Waals surface area contributed by atoms with Gasteiger partial charge in [0.25, 0.3) is 5.91 Å². The fourth-order valence-corrected chi connectivity index (χ4v) is 3.32. The van der Waals surface area contributed by atoms with Crippen LogP contribution in [0.5, 0.6) is 0 Å². The third-order valence-corrected chi connectivity index (χ3v) is 4.82. The smallest absolute Gasteiger partial charge is 0.253 e. The first-order valence-corrected chi connectivity index (χ1v) is 7.83. The molecule has 124 valence electrons. The van der Waals surface area contributed by atoms with Gasteiger partial charge in [0.1, 0.15) is 5.82 Å². The number of nitrogens with one attached hydrogen (secondary N) is 1. The monoisotopic (exact) mass is 320 g/mol. The summed E-state index contributed by atoms with van der Waals surface area (Å²) in [7, 11) is 1.54. The van der Waals surface area contributed by atoms with E-state index in [1.807, 2.05) is 0 Å². The number of benzene rings is 1. The van der Waals surface area contributed by atoms with Crippen molar-refractivity contribution in [3.63, 3.8) is 0 Å². The number of likely N-dealkylation sites (N-methyl/N-ethyl adjacent to an activating group) is 1. The van der Waals surface area contributed by atoms with Crippen LogP contribution in [0.1, 0.15) is 25.3 Å². The topological polar surface area (TPSA) is 58.6 Å². The predicted octanol–water partition coefficient (Wildman–Crippen LogP) is 1.22. The molecule has 6 heteroatoms. The van der Waals surface area contributed by atoms with Gasteiger partial charge in [-0.25, -0.2) is 4.39 Å². The Balaban J connectivity index is 1.83. The minimum absolute atomic E-state index is 0.110. The van der Waals surface area contributed by atoms with E-state index in [9.17, 15) is 14.0 Å². The van der Waals surface area contributed by atoms with Crippen LogP contribution in [0.3, 0.4) is 0 Å². The molecule has 1 aromatic carbocycles. The molecule has 2 fully saturated rings. The molecule has 3 rings (SSSR count). The zero-order valence-corrected chi connectivity index (χ0v) is 13.4. The average molecular weight is 320 g/mol. The molecule has 0 radical (unpaired) electrons. The summed E-state index contributed by atoms with van der Waals surface area (Å²) < 4.78 is 19.7. The molecule has 1 aliphatic carbocycles. The van der Waals surface area contributed by atoms with Crippen molar-refractivity contribution in [2.45, 2.75) is 30.8 Å². The van der Waals surface area contributed by atoms with Gasteiger partial charge in [0.15, 0.2) is 5.60 Å². The second-order valence-electron chi connectivity index (χ2n) is 6.45. The molecule has 0 aromatic heterocycles. The van der Waals surface area contributed by atoms with E-state index in [2.05, 4.69) is 5.32 Å². The molecule has 1 N–H and O–H groups in total. The number of nitrogens with zero attached hydrogens (tertiary/aromatic N) is 1. The van der Waals surface area contributed by atoms with Crippen molar-refractivity contribution in [1.82, 2.24) is 10.2 Å². The van der Waals surface area contributed by atoms with E-state index in [0.717, 1.165) is 0 Å². The van der Waals surface area contributed by atoms with E-state index in [1.54, 1.807) is 37.1 Å². The number of hydrogen-bond donors (Lipinski definition) is 1. The fraction of sp³-hybridized carbons (Fsp3) is 0.529. The lowest BCUT2D eigenvalue weighted by atomic mass is 9.92. The van der Waals surface area contributed by atoms with Crippen LogP contribution in [-0.4, -0.2) is 49.1 Å². The highest BCUT2D eigenvalue weighted by Gasteiger charge is 2.55. The lowest BCUT2D eigenvalue weighted by Crippen LogP contribution is -2.60. The zero-order chi connectivity index (χ0) is 16.7. The Hall–Kier alpha value is -1.95. The van der Waals surface area contributed by atoms with Crippen molar-refractivity contribution >= 4 is 11.8 Å². The van der Waals surface area contributed by atoms with Gasteiger partial charge in [-0.2, -0.15) is 0 Å². The van der Waals surface area contributed by atoms with Gasteiger partial charge in [-0.15, -0.1) is 0 Å². The lowest BCUT2D eigenvalue weighted by molar-refractivity contribution is -0.163. The van der Waals surface area contributed by atoms with Gasteiger partial charge < -0.3 is 15.0 Å².